The van der Waals surface area contributed by atoms with E-state index in [0.29, 0.717) is 19.6 Å². The molecule has 2 heterocycles. The predicted octanol–water partition coefficient (Wildman–Crippen LogP) is 2.97. The van der Waals surface area contributed by atoms with E-state index in [1.807, 2.05) is 18.9 Å². The number of aromatic nitrogens is 2. The van der Waals surface area contributed by atoms with Crippen LogP contribution in [0.15, 0.2) is 30.5 Å². The lowest BCUT2D eigenvalue weighted by molar-refractivity contribution is -0.389. The number of likely N-dealkylation sites (N-methyl/N-ethyl adjacent to an activating group) is 1. The summed E-state index contributed by atoms with van der Waals surface area (Å²) in [5.41, 5.74) is 0.188. The Kier molecular flexibility index (Phi) is 4.72. The van der Waals surface area contributed by atoms with Gasteiger partial charge in [-0.2, -0.15) is 0 Å². The minimum atomic E-state index is -4.72. The Morgan fingerprint density at radius 3 is 2.63 bits per heavy atom. The van der Waals surface area contributed by atoms with Gasteiger partial charge in [-0.05, 0) is 36.6 Å². The van der Waals surface area contributed by atoms with Gasteiger partial charge in [0.15, 0.2) is 0 Å². The molecule has 0 fully saturated rings. The van der Waals surface area contributed by atoms with Gasteiger partial charge in [0.25, 0.3) is 0 Å². The van der Waals surface area contributed by atoms with Crippen LogP contribution in [0.4, 0.5) is 19.0 Å². The molecule has 0 spiro atoms. The minimum absolute atomic E-state index is 0.200. The number of nitrogens with zero attached hydrogens (tertiary/aromatic N) is 4. The van der Waals surface area contributed by atoms with Gasteiger partial charge in [-0.1, -0.05) is 12.1 Å². The maximum absolute atomic E-state index is 12.2. The van der Waals surface area contributed by atoms with E-state index in [-0.39, 0.29) is 17.6 Å². The van der Waals surface area contributed by atoms with Gasteiger partial charge in [0.05, 0.1) is 6.54 Å². The molecule has 3 rings (SSSR count). The van der Waals surface area contributed by atoms with Gasteiger partial charge in [0, 0.05) is 18.1 Å². The number of alkyl halides is 3. The van der Waals surface area contributed by atoms with Crippen molar-refractivity contribution in [3.8, 4) is 11.8 Å². The first-order valence-corrected chi connectivity index (χ1v) is 7.97. The molecule has 0 saturated heterocycles. The summed E-state index contributed by atoms with van der Waals surface area (Å²) >= 11 is 0. The number of imidazole rings is 1. The van der Waals surface area contributed by atoms with Crippen LogP contribution in [0.25, 0.3) is 0 Å². The van der Waals surface area contributed by atoms with Gasteiger partial charge in [-0.15, -0.1) is 13.2 Å². The zero-order valence-electron chi connectivity index (χ0n) is 14.6. The number of rotatable bonds is 6. The topological polar surface area (TPSA) is 82.7 Å². The molecule has 0 radical (unpaired) electrons. The second-order valence-corrected chi connectivity index (χ2v) is 6.68. The van der Waals surface area contributed by atoms with E-state index in [9.17, 15) is 23.3 Å². The first kappa shape index (κ1) is 19.0. The van der Waals surface area contributed by atoms with Crippen molar-refractivity contribution in [1.29, 1.82) is 0 Å². The first-order chi connectivity index (χ1) is 12.5. The fraction of sp³-hybridized carbons (Fsp3) is 0.438. The summed E-state index contributed by atoms with van der Waals surface area (Å²) in [5.74, 6) is -0.534. The second-order valence-electron chi connectivity index (χ2n) is 6.68. The average molecular weight is 386 g/mol. The molecule has 0 aliphatic carbocycles. The van der Waals surface area contributed by atoms with Gasteiger partial charge in [0.1, 0.15) is 17.5 Å². The Bertz CT molecular complexity index is 812. The number of hydrogen-bond donors (Lipinski definition) is 0. The van der Waals surface area contributed by atoms with Crippen LogP contribution in [-0.4, -0.2) is 44.9 Å². The monoisotopic (exact) mass is 386 g/mol. The Labute approximate surface area is 152 Å². The summed E-state index contributed by atoms with van der Waals surface area (Å²) in [4.78, 5) is 15.9. The molecule has 1 atom stereocenters. The molecule has 2 aromatic rings. The molecule has 1 aromatic heterocycles. The van der Waals surface area contributed by atoms with Crippen LogP contribution in [-0.2, 0) is 13.1 Å². The molecular formula is C16H17F3N4O4. The first-order valence-electron chi connectivity index (χ1n) is 7.97. The van der Waals surface area contributed by atoms with Gasteiger partial charge >= 0.3 is 18.2 Å². The van der Waals surface area contributed by atoms with E-state index in [0.717, 1.165) is 5.56 Å². The highest BCUT2D eigenvalue weighted by atomic mass is 19.4. The number of hydrogen-bond acceptors (Lipinski definition) is 6. The largest absolute Gasteiger partial charge is 0.573 e. The van der Waals surface area contributed by atoms with E-state index >= 15 is 0 Å². The second kappa shape index (κ2) is 6.72. The van der Waals surface area contributed by atoms with E-state index in [1.54, 1.807) is 16.7 Å². The molecule has 0 amide bonds. The highest BCUT2D eigenvalue weighted by Gasteiger charge is 2.41. The fourth-order valence-electron chi connectivity index (χ4n) is 3.10. The molecule has 27 heavy (non-hydrogen) atoms. The van der Waals surface area contributed by atoms with Crippen LogP contribution in [0, 0.1) is 10.1 Å². The third-order valence-corrected chi connectivity index (χ3v) is 3.97. The van der Waals surface area contributed by atoms with Crippen molar-refractivity contribution in [2.45, 2.75) is 32.0 Å². The zero-order chi connectivity index (χ0) is 19.8. The number of fused-ring (bicyclic) bond motifs is 1. The molecule has 1 aromatic carbocycles. The van der Waals surface area contributed by atoms with Crippen molar-refractivity contribution in [3.05, 3.63) is 46.1 Å². The standard InChI is InChI=1S/C16H17F3N4O4/c1-15(10-22-8-13(23(24)25)20-14(22)27-15)9-21(2)7-11-3-5-12(6-4-11)26-16(17,18)19/h3-6,8H,7,9-10H2,1-2H3. The third-order valence-electron chi connectivity index (χ3n) is 3.97. The van der Waals surface area contributed by atoms with E-state index in [1.165, 1.54) is 18.3 Å². The SMILES string of the molecule is CN(Cc1ccc(OC(F)(F)F)cc1)CC1(C)Cn2cc([N+](=O)[O-])nc2O1. The van der Waals surface area contributed by atoms with Crippen molar-refractivity contribution in [3.63, 3.8) is 0 Å². The normalized spacial score (nSPS) is 19.0. The summed E-state index contributed by atoms with van der Waals surface area (Å²) in [7, 11) is 1.85. The summed E-state index contributed by atoms with van der Waals surface area (Å²) in [6, 6.07) is 5.85. The van der Waals surface area contributed by atoms with Crippen LogP contribution in [0.5, 0.6) is 11.8 Å². The lowest BCUT2D eigenvalue weighted by Gasteiger charge is -2.28. The Balaban J connectivity index is 1.57. The lowest BCUT2D eigenvalue weighted by Crippen LogP contribution is -2.43. The average Bonchev–Trinajstić information content (AvgIpc) is 3.02. The molecule has 0 saturated carbocycles. The van der Waals surface area contributed by atoms with Crippen molar-refractivity contribution in [2.75, 3.05) is 13.6 Å². The highest BCUT2D eigenvalue weighted by Crippen LogP contribution is 2.31. The van der Waals surface area contributed by atoms with Gasteiger partial charge < -0.3 is 19.6 Å². The lowest BCUT2D eigenvalue weighted by atomic mass is 10.1. The number of ether oxygens (including phenoxy) is 2. The third kappa shape index (κ3) is 4.67. The molecular weight excluding hydrogens is 369 g/mol. The smallest absolute Gasteiger partial charge is 0.436 e. The molecule has 1 aliphatic rings. The van der Waals surface area contributed by atoms with Gasteiger partial charge in [-0.25, -0.2) is 0 Å². The van der Waals surface area contributed by atoms with Crippen molar-refractivity contribution in [2.24, 2.45) is 0 Å². The maximum atomic E-state index is 12.2. The van der Waals surface area contributed by atoms with E-state index < -0.39 is 16.9 Å². The maximum Gasteiger partial charge on any atom is 0.573 e. The predicted molar refractivity (Wildman–Crippen MR) is 87.4 cm³/mol. The quantitative estimate of drug-likeness (QED) is 0.561. The van der Waals surface area contributed by atoms with E-state index in [4.69, 9.17) is 4.74 Å². The van der Waals surface area contributed by atoms with Crippen LogP contribution >= 0.6 is 0 Å². The summed E-state index contributed by atoms with van der Waals surface area (Å²) in [6.07, 6.45) is -3.38. The number of halogens is 3. The number of nitro groups is 1. The van der Waals surface area contributed by atoms with Crippen molar-refractivity contribution < 1.29 is 27.6 Å². The van der Waals surface area contributed by atoms with Crippen LogP contribution in [0.3, 0.4) is 0 Å². The van der Waals surface area contributed by atoms with Gasteiger partial charge in [0.2, 0.25) is 0 Å². The number of benzene rings is 1. The fourth-order valence-corrected chi connectivity index (χ4v) is 3.10. The van der Waals surface area contributed by atoms with Crippen molar-refractivity contribution >= 4 is 5.82 Å². The van der Waals surface area contributed by atoms with Crippen LogP contribution in [0.2, 0.25) is 0 Å². The Hall–Kier alpha value is -2.82. The molecule has 1 aliphatic heterocycles. The molecule has 1 unspecified atom stereocenters. The Morgan fingerprint density at radius 2 is 2.07 bits per heavy atom. The molecule has 146 valence electrons. The highest BCUT2D eigenvalue weighted by molar-refractivity contribution is 5.27. The molecule has 11 heteroatoms. The summed E-state index contributed by atoms with van der Waals surface area (Å²) in [5, 5.41) is 10.7. The van der Waals surface area contributed by atoms with Crippen LogP contribution in [0.1, 0.15) is 12.5 Å². The van der Waals surface area contributed by atoms with Crippen LogP contribution < -0.4 is 9.47 Å². The molecule has 0 bridgehead atoms. The van der Waals surface area contributed by atoms with E-state index in [2.05, 4.69) is 9.72 Å². The molecule has 0 N–H and O–H groups in total. The summed E-state index contributed by atoms with van der Waals surface area (Å²) in [6.45, 7) is 3.24. The molecule has 8 nitrogen and oxygen atoms in total. The van der Waals surface area contributed by atoms with Gasteiger partial charge in [-0.3, -0.25) is 9.47 Å². The van der Waals surface area contributed by atoms with Crippen molar-refractivity contribution in [1.82, 2.24) is 14.5 Å². The summed E-state index contributed by atoms with van der Waals surface area (Å²) < 4.78 is 47.8. The minimum Gasteiger partial charge on any atom is -0.436 e. The Morgan fingerprint density at radius 1 is 1.41 bits per heavy atom. The zero-order valence-corrected chi connectivity index (χ0v) is 14.6.